The minimum absolute atomic E-state index is 0.0508. The first kappa shape index (κ1) is 20.9. The molecule has 1 fully saturated rings. The lowest BCUT2D eigenvalue weighted by Crippen LogP contribution is -2.36. The molecule has 8 heteroatoms. The number of anilines is 1. The first-order valence-electron chi connectivity index (χ1n) is 9.40. The highest BCUT2D eigenvalue weighted by atomic mass is 32.2. The molecular weight excluding hydrogens is 382 g/mol. The molecule has 154 valence electrons. The summed E-state index contributed by atoms with van der Waals surface area (Å²) in [7, 11) is -4.23. The molecule has 1 aromatic rings. The maximum absolute atomic E-state index is 11.8. The summed E-state index contributed by atoms with van der Waals surface area (Å²) in [5, 5.41) is 9.05. The summed E-state index contributed by atoms with van der Waals surface area (Å²) < 4.78 is 43.2. The minimum atomic E-state index is -4.23. The van der Waals surface area contributed by atoms with Gasteiger partial charge in [-0.25, -0.2) is 0 Å². The predicted molar refractivity (Wildman–Crippen MR) is 108 cm³/mol. The van der Waals surface area contributed by atoms with E-state index in [4.69, 9.17) is 14.6 Å². The van der Waals surface area contributed by atoms with Gasteiger partial charge in [0.15, 0.2) is 0 Å². The van der Waals surface area contributed by atoms with Gasteiger partial charge in [-0.05, 0) is 36.6 Å². The topological polar surface area (TPSA) is 96.3 Å². The number of hydrogen-bond donors (Lipinski definition) is 2. The van der Waals surface area contributed by atoms with Crippen molar-refractivity contribution in [3.8, 4) is 5.75 Å². The highest BCUT2D eigenvalue weighted by molar-refractivity contribution is 7.87. The van der Waals surface area contributed by atoms with E-state index in [9.17, 15) is 13.0 Å². The van der Waals surface area contributed by atoms with Crippen LogP contribution in [0.3, 0.4) is 0 Å². The zero-order valence-corrected chi connectivity index (χ0v) is 16.8. The van der Waals surface area contributed by atoms with Gasteiger partial charge in [0.1, 0.15) is 10.5 Å². The van der Waals surface area contributed by atoms with Crippen molar-refractivity contribution in [3.63, 3.8) is 0 Å². The van der Waals surface area contributed by atoms with E-state index >= 15 is 0 Å². The molecule has 7 nitrogen and oxygen atoms in total. The third-order valence-corrected chi connectivity index (χ3v) is 6.58. The fourth-order valence-electron chi connectivity index (χ4n) is 3.38. The van der Waals surface area contributed by atoms with Crippen LogP contribution in [0.1, 0.15) is 25.3 Å². The number of allylic oxidation sites excluding steroid dienone is 3. The van der Waals surface area contributed by atoms with E-state index in [-0.39, 0.29) is 13.0 Å². The molecule has 0 bridgehead atoms. The van der Waals surface area contributed by atoms with Crippen molar-refractivity contribution in [2.24, 2.45) is 0 Å². The quantitative estimate of drug-likeness (QED) is 0.527. The summed E-state index contributed by atoms with van der Waals surface area (Å²) >= 11 is 0. The first-order valence-corrected chi connectivity index (χ1v) is 10.8. The molecule has 1 aliphatic heterocycles. The average Bonchev–Trinajstić information content (AvgIpc) is 2.68. The molecule has 2 aliphatic rings. The van der Waals surface area contributed by atoms with Gasteiger partial charge in [-0.3, -0.25) is 4.55 Å². The Morgan fingerprint density at radius 1 is 1.29 bits per heavy atom. The summed E-state index contributed by atoms with van der Waals surface area (Å²) in [5.74, 6) is 0.692. The molecule has 1 saturated heterocycles. The Labute approximate surface area is 166 Å². The minimum Gasteiger partial charge on any atom is -0.491 e. The Balaban J connectivity index is 1.90. The molecular formula is C20H27NO6S. The summed E-state index contributed by atoms with van der Waals surface area (Å²) in [6.45, 7) is 4.78. The van der Waals surface area contributed by atoms with E-state index in [0.29, 0.717) is 32.0 Å². The third-order valence-electron chi connectivity index (χ3n) is 5.12. The van der Waals surface area contributed by atoms with Gasteiger partial charge in [0.25, 0.3) is 10.1 Å². The van der Waals surface area contributed by atoms with E-state index in [1.54, 1.807) is 6.08 Å². The van der Waals surface area contributed by atoms with Crippen LogP contribution >= 0.6 is 0 Å². The predicted octanol–water partition coefficient (Wildman–Crippen LogP) is 2.27. The smallest absolute Gasteiger partial charge is 0.274 e. The van der Waals surface area contributed by atoms with Crippen LogP contribution in [0.25, 0.3) is 5.57 Å². The lowest BCUT2D eigenvalue weighted by molar-refractivity contribution is 0.122. The number of hydrogen-bond acceptors (Lipinski definition) is 6. The van der Waals surface area contributed by atoms with Gasteiger partial charge in [-0.1, -0.05) is 24.3 Å². The second-order valence-corrected chi connectivity index (χ2v) is 9.11. The van der Waals surface area contributed by atoms with Gasteiger partial charge in [0.2, 0.25) is 0 Å². The largest absolute Gasteiger partial charge is 0.491 e. The fourth-order valence-corrected chi connectivity index (χ4v) is 3.97. The molecule has 0 spiro atoms. The van der Waals surface area contributed by atoms with Gasteiger partial charge >= 0.3 is 0 Å². The standard InChI is InChI=1S/C20H27NO6S/c1-20(28(23,24)25)7-2-4-17(15-20)16-5-6-18(21-8-12-26-13-9-21)19(14-16)27-11-3-10-22/h2,4-7,14,22H,3,8-13,15H2,1H3,(H,23,24,25). The van der Waals surface area contributed by atoms with E-state index in [2.05, 4.69) is 4.90 Å². The Kier molecular flexibility index (Phi) is 6.44. The third kappa shape index (κ3) is 4.57. The molecule has 1 atom stereocenters. The number of aliphatic hydroxyl groups excluding tert-OH is 1. The second kappa shape index (κ2) is 8.65. The molecule has 1 aromatic carbocycles. The number of nitrogens with zero attached hydrogens (tertiary/aromatic N) is 1. The first-order chi connectivity index (χ1) is 13.3. The molecule has 0 amide bonds. The summed E-state index contributed by atoms with van der Waals surface area (Å²) in [6, 6.07) is 5.82. The Bertz CT molecular complexity index is 857. The molecule has 0 radical (unpaired) electrons. The van der Waals surface area contributed by atoms with Crippen molar-refractivity contribution < 1.29 is 27.6 Å². The van der Waals surface area contributed by atoms with Crippen LogP contribution in [0.5, 0.6) is 5.75 Å². The SMILES string of the molecule is CC1(S(=O)(=O)O)C=CC=C(c2ccc(N3CCOCC3)c(OCCCO)c2)C1. The van der Waals surface area contributed by atoms with Crippen LogP contribution in [-0.2, 0) is 14.9 Å². The normalized spacial score (nSPS) is 22.8. The molecule has 1 unspecified atom stereocenters. The van der Waals surface area contributed by atoms with Gasteiger partial charge in [-0.2, -0.15) is 8.42 Å². The lowest BCUT2D eigenvalue weighted by Gasteiger charge is -2.31. The van der Waals surface area contributed by atoms with Gasteiger partial charge in [0, 0.05) is 26.1 Å². The summed E-state index contributed by atoms with van der Waals surface area (Å²) in [4.78, 5) is 2.19. The molecule has 0 aromatic heterocycles. The Hall–Kier alpha value is -1.87. The number of morpholine rings is 1. The number of aliphatic hydroxyl groups is 1. The molecule has 3 rings (SSSR count). The van der Waals surface area contributed by atoms with Crippen LogP contribution in [0.15, 0.2) is 36.4 Å². The Morgan fingerprint density at radius 3 is 2.71 bits per heavy atom. The highest BCUT2D eigenvalue weighted by Gasteiger charge is 2.37. The molecule has 28 heavy (non-hydrogen) atoms. The van der Waals surface area contributed by atoms with E-state index in [0.717, 1.165) is 29.9 Å². The number of rotatable bonds is 7. The zero-order valence-electron chi connectivity index (χ0n) is 16.0. The van der Waals surface area contributed by atoms with Crippen molar-refractivity contribution in [2.75, 3.05) is 44.4 Å². The van der Waals surface area contributed by atoms with E-state index in [1.807, 2.05) is 24.3 Å². The second-order valence-electron chi connectivity index (χ2n) is 7.22. The lowest BCUT2D eigenvalue weighted by atomic mass is 9.90. The molecule has 2 N–H and O–H groups in total. The molecule has 1 aliphatic carbocycles. The Morgan fingerprint density at radius 2 is 2.04 bits per heavy atom. The van der Waals surface area contributed by atoms with Gasteiger partial charge < -0.3 is 19.5 Å². The molecule has 1 heterocycles. The van der Waals surface area contributed by atoms with E-state index < -0.39 is 14.9 Å². The average molecular weight is 410 g/mol. The fraction of sp³-hybridized carbons (Fsp3) is 0.500. The zero-order chi connectivity index (χ0) is 20.2. The van der Waals surface area contributed by atoms with Crippen molar-refractivity contribution in [1.82, 2.24) is 0 Å². The highest BCUT2D eigenvalue weighted by Crippen LogP contribution is 2.38. The van der Waals surface area contributed by atoms with E-state index in [1.165, 1.54) is 13.0 Å². The number of benzene rings is 1. The molecule has 0 saturated carbocycles. The van der Waals surface area contributed by atoms with Crippen LogP contribution in [0, 0.1) is 0 Å². The van der Waals surface area contributed by atoms with Crippen molar-refractivity contribution in [3.05, 3.63) is 42.0 Å². The van der Waals surface area contributed by atoms with Gasteiger partial charge in [-0.15, -0.1) is 0 Å². The van der Waals surface area contributed by atoms with Crippen molar-refractivity contribution in [1.29, 1.82) is 0 Å². The monoisotopic (exact) mass is 409 g/mol. The van der Waals surface area contributed by atoms with Crippen LogP contribution in [0.4, 0.5) is 5.69 Å². The van der Waals surface area contributed by atoms with Crippen molar-refractivity contribution >= 4 is 21.4 Å². The van der Waals surface area contributed by atoms with Crippen LogP contribution in [0.2, 0.25) is 0 Å². The van der Waals surface area contributed by atoms with Gasteiger partial charge in [0.05, 0.1) is 25.5 Å². The number of ether oxygens (including phenoxy) is 2. The summed E-state index contributed by atoms with van der Waals surface area (Å²) in [6.07, 6.45) is 5.73. The summed E-state index contributed by atoms with van der Waals surface area (Å²) in [5.41, 5.74) is 2.60. The van der Waals surface area contributed by atoms with Crippen LogP contribution < -0.4 is 9.64 Å². The maximum Gasteiger partial charge on any atom is 0.274 e. The van der Waals surface area contributed by atoms with Crippen LogP contribution in [-0.4, -0.2) is 62.3 Å². The van der Waals surface area contributed by atoms with Crippen molar-refractivity contribution in [2.45, 2.75) is 24.5 Å². The maximum atomic E-state index is 11.8.